The zero-order valence-electron chi connectivity index (χ0n) is 17.1. The number of fused-ring (bicyclic) bond motifs is 1. The monoisotopic (exact) mass is 425 g/mol. The van der Waals surface area contributed by atoms with Gasteiger partial charge < -0.3 is 24.1 Å². The van der Waals surface area contributed by atoms with Crippen molar-refractivity contribution in [1.82, 2.24) is 19.9 Å². The molecule has 2 N–H and O–H groups in total. The number of aromatic nitrogens is 4. The van der Waals surface area contributed by atoms with Crippen molar-refractivity contribution in [2.24, 2.45) is 5.10 Å². The molecule has 1 aliphatic rings. The lowest BCUT2D eigenvalue weighted by Gasteiger charge is -2.26. The van der Waals surface area contributed by atoms with Gasteiger partial charge in [0.25, 0.3) is 5.95 Å². The molecule has 0 radical (unpaired) electrons. The molecule has 0 amide bonds. The van der Waals surface area contributed by atoms with Gasteiger partial charge in [-0.15, -0.1) is 0 Å². The van der Waals surface area contributed by atoms with Crippen LogP contribution in [-0.4, -0.2) is 71.6 Å². The van der Waals surface area contributed by atoms with Crippen LogP contribution in [0.1, 0.15) is 12.5 Å². The average molecular weight is 425 g/mol. The number of carbonyl (C=O) groups is 1. The van der Waals surface area contributed by atoms with E-state index in [4.69, 9.17) is 14.2 Å². The van der Waals surface area contributed by atoms with Crippen molar-refractivity contribution in [1.29, 1.82) is 0 Å². The molecule has 0 saturated carbocycles. The second-order valence-corrected chi connectivity index (χ2v) is 6.59. The average Bonchev–Trinajstić information content (AvgIpc) is 3.22. The van der Waals surface area contributed by atoms with Crippen LogP contribution in [0, 0.1) is 0 Å². The van der Waals surface area contributed by atoms with Gasteiger partial charge in [0.2, 0.25) is 5.95 Å². The van der Waals surface area contributed by atoms with Crippen LogP contribution >= 0.6 is 0 Å². The van der Waals surface area contributed by atoms with Crippen LogP contribution in [-0.2, 0) is 14.3 Å². The maximum absolute atomic E-state index is 11.6. The van der Waals surface area contributed by atoms with E-state index in [0.29, 0.717) is 32.3 Å². The van der Waals surface area contributed by atoms with E-state index in [1.807, 2.05) is 35.4 Å². The lowest BCUT2D eigenvalue weighted by molar-refractivity contribution is -0.145. The van der Waals surface area contributed by atoms with Gasteiger partial charge in [-0.05, 0) is 13.0 Å². The summed E-state index contributed by atoms with van der Waals surface area (Å²) >= 11 is 0. The van der Waals surface area contributed by atoms with Gasteiger partial charge in [0.1, 0.15) is 0 Å². The Morgan fingerprint density at radius 3 is 2.97 bits per heavy atom. The molecule has 3 heterocycles. The van der Waals surface area contributed by atoms with Gasteiger partial charge in [-0.2, -0.15) is 20.1 Å². The fourth-order valence-electron chi connectivity index (χ4n) is 3.05. The number of ether oxygens (including phenoxy) is 3. The largest absolute Gasteiger partial charge is 0.463 e. The number of H-pyrrole nitrogens is 1. The van der Waals surface area contributed by atoms with Gasteiger partial charge in [0.15, 0.2) is 6.61 Å². The Kier molecular flexibility index (Phi) is 6.53. The van der Waals surface area contributed by atoms with Gasteiger partial charge in [-0.1, -0.05) is 18.2 Å². The molecule has 1 saturated heterocycles. The maximum Gasteiger partial charge on any atom is 0.344 e. The first-order valence-corrected chi connectivity index (χ1v) is 9.95. The molecule has 31 heavy (non-hydrogen) atoms. The van der Waals surface area contributed by atoms with Crippen LogP contribution in [0.4, 0.5) is 11.9 Å². The summed E-state index contributed by atoms with van der Waals surface area (Å²) in [6.45, 7) is 4.13. The lowest BCUT2D eigenvalue weighted by atomic mass is 10.2. The number of nitrogens with zero attached hydrogens (tertiary/aromatic N) is 5. The number of morpholine rings is 1. The number of nitrogens with one attached hydrogen (secondary N) is 2. The quantitative estimate of drug-likeness (QED) is 0.314. The highest BCUT2D eigenvalue weighted by Crippen LogP contribution is 2.18. The van der Waals surface area contributed by atoms with E-state index in [1.165, 1.54) is 0 Å². The Morgan fingerprint density at radius 2 is 2.13 bits per heavy atom. The van der Waals surface area contributed by atoms with Gasteiger partial charge in [0, 0.05) is 35.8 Å². The third kappa shape index (κ3) is 5.25. The molecule has 162 valence electrons. The van der Waals surface area contributed by atoms with E-state index in [1.54, 1.807) is 13.1 Å². The van der Waals surface area contributed by atoms with Gasteiger partial charge >= 0.3 is 12.0 Å². The van der Waals surface area contributed by atoms with Crippen LogP contribution in [0.25, 0.3) is 10.9 Å². The minimum absolute atomic E-state index is 0.00865. The molecule has 1 fully saturated rings. The number of benzene rings is 1. The predicted molar refractivity (Wildman–Crippen MR) is 115 cm³/mol. The second kappa shape index (κ2) is 9.85. The summed E-state index contributed by atoms with van der Waals surface area (Å²) in [6.07, 6.45) is 3.55. The van der Waals surface area contributed by atoms with E-state index in [0.717, 1.165) is 16.5 Å². The standard InChI is InChI=1S/C20H23N7O4/c1-2-30-17(28)13-31-20-24-18(23-19(25-20)27-7-9-29-10-8-27)26-22-12-14-11-21-16-6-4-3-5-15(14)16/h3-6,11-12,21H,2,7-10,13H2,1H3,(H,23,24,25,26). The molecule has 1 aliphatic heterocycles. The number of para-hydroxylation sites is 1. The van der Waals surface area contributed by atoms with Crippen LogP contribution in [0.3, 0.4) is 0 Å². The Labute approximate surface area is 178 Å². The van der Waals surface area contributed by atoms with Crippen LogP contribution < -0.4 is 15.1 Å². The first kappa shape index (κ1) is 20.5. The number of carbonyl (C=O) groups excluding carboxylic acids is 1. The highest BCUT2D eigenvalue weighted by Gasteiger charge is 2.18. The molecule has 0 unspecified atom stereocenters. The first-order valence-electron chi connectivity index (χ1n) is 9.95. The molecule has 11 nitrogen and oxygen atoms in total. The smallest absolute Gasteiger partial charge is 0.344 e. The normalized spacial score (nSPS) is 14.2. The summed E-state index contributed by atoms with van der Waals surface area (Å²) in [6, 6.07) is 7.94. The topological polar surface area (TPSA) is 127 Å². The molecule has 0 bridgehead atoms. The number of rotatable bonds is 8. The maximum atomic E-state index is 11.6. The third-order valence-corrected chi connectivity index (χ3v) is 4.51. The summed E-state index contributed by atoms with van der Waals surface area (Å²) in [7, 11) is 0. The molecule has 0 atom stereocenters. The Balaban J connectivity index is 1.51. The molecule has 0 spiro atoms. The highest BCUT2D eigenvalue weighted by atomic mass is 16.6. The molecule has 3 aromatic rings. The molecule has 0 aliphatic carbocycles. The van der Waals surface area contributed by atoms with Crippen molar-refractivity contribution in [3.8, 4) is 6.01 Å². The summed E-state index contributed by atoms with van der Waals surface area (Å²) in [5, 5.41) is 5.30. The minimum atomic E-state index is -0.497. The van der Waals surface area contributed by atoms with Crippen LogP contribution in [0.15, 0.2) is 35.6 Å². The van der Waals surface area contributed by atoms with Crippen molar-refractivity contribution in [2.75, 3.05) is 49.8 Å². The molecule has 2 aromatic heterocycles. The van der Waals surface area contributed by atoms with Crippen molar-refractivity contribution >= 4 is 35.0 Å². The zero-order chi connectivity index (χ0) is 21.5. The third-order valence-electron chi connectivity index (χ3n) is 4.51. The second-order valence-electron chi connectivity index (χ2n) is 6.59. The van der Waals surface area contributed by atoms with E-state index in [-0.39, 0.29) is 25.2 Å². The van der Waals surface area contributed by atoms with Crippen molar-refractivity contribution in [3.05, 3.63) is 36.0 Å². The van der Waals surface area contributed by atoms with E-state index in [2.05, 4.69) is 30.5 Å². The fraction of sp³-hybridized carbons (Fsp3) is 0.350. The molecule has 4 rings (SSSR count). The number of hydrogen-bond acceptors (Lipinski definition) is 10. The fourth-order valence-corrected chi connectivity index (χ4v) is 3.05. The Morgan fingerprint density at radius 1 is 1.29 bits per heavy atom. The molecular formula is C20H23N7O4. The van der Waals surface area contributed by atoms with Crippen LogP contribution in [0.5, 0.6) is 6.01 Å². The lowest BCUT2D eigenvalue weighted by Crippen LogP contribution is -2.37. The predicted octanol–water partition coefficient (Wildman–Crippen LogP) is 1.58. The zero-order valence-corrected chi connectivity index (χ0v) is 17.1. The van der Waals surface area contributed by atoms with Gasteiger partial charge in [-0.3, -0.25) is 0 Å². The van der Waals surface area contributed by atoms with E-state index >= 15 is 0 Å². The highest BCUT2D eigenvalue weighted by molar-refractivity contribution is 5.99. The summed E-state index contributed by atoms with van der Waals surface area (Å²) in [5.74, 6) is 0.121. The van der Waals surface area contributed by atoms with Crippen LogP contribution in [0.2, 0.25) is 0 Å². The van der Waals surface area contributed by atoms with Gasteiger partial charge in [-0.25, -0.2) is 10.2 Å². The SMILES string of the molecule is CCOC(=O)COc1nc(NN=Cc2c[nH]c3ccccc23)nc(N2CCOCC2)n1. The Bertz CT molecular complexity index is 1060. The summed E-state index contributed by atoms with van der Waals surface area (Å²) in [4.78, 5) is 29.7. The summed E-state index contributed by atoms with van der Waals surface area (Å²) < 4.78 is 15.7. The van der Waals surface area contributed by atoms with Crippen molar-refractivity contribution < 1.29 is 19.0 Å². The van der Waals surface area contributed by atoms with Crippen molar-refractivity contribution in [2.45, 2.75) is 6.92 Å². The molecule has 11 heteroatoms. The number of hydrogen-bond donors (Lipinski definition) is 2. The summed E-state index contributed by atoms with van der Waals surface area (Å²) in [5.41, 5.74) is 4.76. The Hall–Kier alpha value is -3.73. The van der Waals surface area contributed by atoms with E-state index < -0.39 is 5.97 Å². The first-order chi connectivity index (χ1) is 15.2. The number of aromatic amines is 1. The number of hydrazone groups is 1. The van der Waals surface area contributed by atoms with Gasteiger partial charge in [0.05, 0.1) is 26.0 Å². The number of esters is 1. The number of anilines is 2. The minimum Gasteiger partial charge on any atom is -0.463 e. The van der Waals surface area contributed by atoms with Crippen molar-refractivity contribution in [3.63, 3.8) is 0 Å². The van der Waals surface area contributed by atoms with E-state index in [9.17, 15) is 4.79 Å². The molecule has 1 aromatic carbocycles. The molecular weight excluding hydrogens is 402 g/mol.